The highest BCUT2D eigenvalue weighted by atomic mass is 16.4. The van der Waals surface area contributed by atoms with Crippen LogP contribution in [0.1, 0.15) is 36.5 Å². The molecule has 2 rings (SSSR count). The molecule has 0 saturated carbocycles. The van der Waals surface area contributed by atoms with Crippen molar-refractivity contribution in [2.75, 3.05) is 13.1 Å². The monoisotopic (exact) mass is 307 g/mol. The topological polar surface area (TPSA) is 98.1 Å². The maximum absolute atomic E-state index is 12.4. The van der Waals surface area contributed by atoms with Crippen molar-refractivity contribution in [1.82, 2.24) is 4.90 Å². The van der Waals surface area contributed by atoms with Gasteiger partial charge in [-0.05, 0) is 31.0 Å². The van der Waals surface area contributed by atoms with Crippen LogP contribution in [0.3, 0.4) is 0 Å². The minimum atomic E-state index is -1.18. The quantitative estimate of drug-likeness (QED) is 0.782. The van der Waals surface area contributed by atoms with Gasteiger partial charge >= 0.3 is 5.97 Å². The van der Waals surface area contributed by atoms with Crippen LogP contribution in [0.2, 0.25) is 0 Å². The zero-order chi connectivity index (χ0) is 16.3. The number of hydrogen-bond donors (Lipinski definition) is 3. The third-order valence-corrected chi connectivity index (χ3v) is 4.36. The Morgan fingerprint density at radius 1 is 1.41 bits per heavy atom. The third-order valence-electron chi connectivity index (χ3n) is 4.36. The van der Waals surface area contributed by atoms with Gasteiger partial charge in [-0.2, -0.15) is 0 Å². The van der Waals surface area contributed by atoms with Gasteiger partial charge in [-0.1, -0.05) is 19.4 Å². The highest BCUT2D eigenvalue weighted by Gasteiger charge is 2.48. The summed E-state index contributed by atoms with van der Waals surface area (Å²) < 4.78 is 0. The molecule has 1 saturated heterocycles. The fourth-order valence-corrected chi connectivity index (χ4v) is 3.08. The van der Waals surface area contributed by atoms with Crippen molar-refractivity contribution in [3.05, 3.63) is 29.8 Å². The number of likely N-dealkylation sites (tertiary alicyclic amines) is 1. The third kappa shape index (κ3) is 2.92. The van der Waals surface area contributed by atoms with Gasteiger partial charge in [-0.3, -0.25) is 9.59 Å². The zero-order valence-electron chi connectivity index (χ0n) is 12.5. The molecule has 1 aromatic rings. The molecule has 0 spiro atoms. The largest absolute Gasteiger partial charge is 0.508 e. The van der Waals surface area contributed by atoms with Crippen LogP contribution in [0.25, 0.3) is 0 Å². The number of aliphatic carboxylic acids is 1. The molecule has 120 valence electrons. The number of carbonyl (C=O) groups is 2. The fraction of sp³-hybridized carbons (Fsp3) is 0.500. The van der Waals surface area contributed by atoms with Crippen LogP contribution in [0.4, 0.5) is 0 Å². The minimum Gasteiger partial charge on any atom is -0.508 e. The number of benzene rings is 1. The summed E-state index contributed by atoms with van der Waals surface area (Å²) >= 11 is 0. The first kappa shape index (κ1) is 16.3. The average Bonchev–Trinajstić information content (AvgIpc) is 2.48. The van der Waals surface area contributed by atoms with Gasteiger partial charge < -0.3 is 20.2 Å². The van der Waals surface area contributed by atoms with Crippen LogP contribution >= 0.6 is 0 Å². The Kier molecular flexibility index (Phi) is 4.71. The summed E-state index contributed by atoms with van der Waals surface area (Å²) in [6.07, 6.45) is 0.170. The van der Waals surface area contributed by atoms with Gasteiger partial charge in [-0.15, -0.1) is 0 Å². The number of carboxylic acid groups (broad SMARTS) is 1. The SMILES string of the molecule is CCC[C@]1(C(=O)O)CCN(C(=O)c2cccc(O)c2)C[C@@H]1O. The number of hydrogen-bond acceptors (Lipinski definition) is 4. The molecule has 1 heterocycles. The summed E-state index contributed by atoms with van der Waals surface area (Å²) in [6.45, 7) is 2.14. The Morgan fingerprint density at radius 2 is 2.14 bits per heavy atom. The molecule has 0 bridgehead atoms. The molecule has 1 aromatic carbocycles. The van der Waals surface area contributed by atoms with E-state index in [9.17, 15) is 24.9 Å². The molecular weight excluding hydrogens is 286 g/mol. The van der Waals surface area contributed by atoms with E-state index in [1.165, 1.54) is 17.0 Å². The molecule has 0 unspecified atom stereocenters. The molecule has 0 aromatic heterocycles. The van der Waals surface area contributed by atoms with E-state index in [2.05, 4.69) is 0 Å². The first-order valence-corrected chi connectivity index (χ1v) is 7.40. The predicted octanol–water partition coefficient (Wildman–Crippen LogP) is 1.47. The Balaban J connectivity index is 2.15. The van der Waals surface area contributed by atoms with E-state index in [1.807, 2.05) is 6.92 Å². The first-order valence-electron chi connectivity index (χ1n) is 7.40. The first-order chi connectivity index (χ1) is 10.4. The molecule has 0 aliphatic carbocycles. The lowest BCUT2D eigenvalue weighted by Crippen LogP contribution is -2.56. The van der Waals surface area contributed by atoms with Crippen LogP contribution in [-0.2, 0) is 4.79 Å². The van der Waals surface area contributed by atoms with Crippen molar-refractivity contribution in [3.8, 4) is 5.75 Å². The normalized spacial score (nSPS) is 25.0. The summed E-state index contributed by atoms with van der Waals surface area (Å²) in [7, 11) is 0. The minimum absolute atomic E-state index is 0.00530. The van der Waals surface area contributed by atoms with Crippen molar-refractivity contribution in [2.24, 2.45) is 5.41 Å². The van der Waals surface area contributed by atoms with E-state index in [0.717, 1.165) is 0 Å². The molecule has 1 aliphatic heterocycles. The summed E-state index contributed by atoms with van der Waals surface area (Å²) in [5.41, 5.74) is -0.852. The lowest BCUT2D eigenvalue weighted by atomic mass is 9.72. The molecule has 22 heavy (non-hydrogen) atoms. The van der Waals surface area contributed by atoms with E-state index in [4.69, 9.17) is 0 Å². The van der Waals surface area contributed by atoms with Gasteiger partial charge in [0.2, 0.25) is 0 Å². The van der Waals surface area contributed by atoms with Crippen LogP contribution in [0.5, 0.6) is 5.75 Å². The molecule has 6 nitrogen and oxygen atoms in total. The zero-order valence-corrected chi connectivity index (χ0v) is 12.5. The van der Waals surface area contributed by atoms with Gasteiger partial charge in [0.05, 0.1) is 11.5 Å². The number of aliphatic hydroxyl groups excluding tert-OH is 1. The lowest BCUT2D eigenvalue weighted by Gasteiger charge is -2.42. The highest BCUT2D eigenvalue weighted by molar-refractivity contribution is 5.94. The number of β-amino-alcohol motifs (C(OH)–C–C–N with tert-alkyl or cyclic N) is 1. The fourth-order valence-electron chi connectivity index (χ4n) is 3.08. The predicted molar refractivity (Wildman–Crippen MR) is 79.6 cm³/mol. The van der Waals surface area contributed by atoms with Crippen LogP contribution < -0.4 is 0 Å². The number of carboxylic acids is 1. The Hall–Kier alpha value is -2.08. The number of piperidine rings is 1. The van der Waals surface area contributed by atoms with Crippen molar-refractivity contribution in [2.45, 2.75) is 32.3 Å². The smallest absolute Gasteiger partial charge is 0.312 e. The summed E-state index contributed by atoms with van der Waals surface area (Å²) in [5.74, 6) is -1.33. The van der Waals surface area contributed by atoms with Crippen molar-refractivity contribution >= 4 is 11.9 Å². The molecule has 3 N–H and O–H groups in total. The average molecular weight is 307 g/mol. The van der Waals surface area contributed by atoms with E-state index in [0.29, 0.717) is 18.4 Å². The molecule has 6 heteroatoms. The van der Waals surface area contributed by atoms with E-state index in [1.54, 1.807) is 12.1 Å². The highest BCUT2D eigenvalue weighted by Crippen LogP contribution is 2.37. The van der Waals surface area contributed by atoms with Crippen LogP contribution in [0.15, 0.2) is 24.3 Å². The maximum atomic E-state index is 12.4. The molecule has 1 amide bonds. The summed E-state index contributed by atoms with van der Waals surface area (Å²) in [4.78, 5) is 25.4. The number of aromatic hydroxyl groups is 1. The van der Waals surface area contributed by atoms with Gasteiger partial charge in [0, 0.05) is 18.7 Å². The molecule has 2 atom stereocenters. The van der Waals surface area contributed by atoms with Gasteiger partial charge in [0.15, 0.2) is 0 Å². The van der Waals surface area contributed by atoms with Gasteiger partial charge in [-0.25, -0.2) is 0 Å². The summed E-state index contributed by atoms with van der Waals surface area (Å²) in [6, 6.07) is 5.99. The number of amides is 1. The van der Waals surface area contributed by atoms with Gasteiger partial charge in [0.1, 0.15) is 5.75 Å². The standard InChI is InChI=1S/C16H21NO5/c1-2-6-16(15(21)22)7-8-17(10-13(16)19)14(20)11-4-3-5-12(18)9-11/h3-5,9,13,18-19H,2,6-8,10H2,1H3,(H,21,22)/t13-,16-/m0/s1. The van der Waals surface area contributed by atoms with Crippen LogP contribution in [0, 0.1) is 5.41 Å². The number of carbonyl (C=O) groups excluding carboxylic acids is 1. The number of rotatable bonds is 4. The molecule has 0 radical (unpaired) electrons. The number of phenolic OH excluding ortho intramolecular Hbond substituents is 1. The molecular formula is C16H21NO5. The lowest BCUT2D eigenvalue weighted by molar-refractivity contribution is -0.162. The molecule has 1 fully saturated rings. The Morgan fingerprint density at radius 3 is 2.68 bits per heavy atom. The van der Waals surface area contributed by atoms with Crippen LogP contribution in [-0.4, -0.2) is 51.3 Å². The van der Waals surface area contributed by atoms with E-state index in [-0.39, 0.29) is 31.2 Å². The second-order valence-corrected chi connectivity index (χ2v) is 5.78. The second kappa shape index (κ2) is 6.36. The van der Waals surface area contributed by atoms with Crippen molar-refractivity contribution < 1.29 is 24.9 Å². The second-order valence-electron chi connectivity index (χ2n) is 5.78. The Bertz CT molecular complexity index is 573. The van der Waals surface area contributed by atoms with E-state index < -0.39 is 17.5 Å². The van der Waals surface area contributed by atoms with E-state index >= 15 is 0 Å². The number of phenols is 1. The van der Waals surface area contributed by atoms with Crippen molar-refractivity contribution in [3.63, 3.8) is 0 Å². The van der Waals surface area contributed by atoms with Gasteiger partial charge in [0.25, 0.3) is 5.91 Å². The Labute approximate surface area is 129 Å². The number of aliphatic hydroxyl groups is 1. The maximum Gasteiger partial charge on any atom is 0.312 e. The number of nitrogens with zero attached hydrogens (tertiary/aromatic N) is 1. The summed E-state index contributed by atoms with van der Waals surface area (Å²) in [5, 5.41) is 29.2. The van der Waals surface area contributed by atoms with Crippen molar-refractivity contribution in [1.29, 1.82) is 0 Å². The molecule has 1 aliphatic rings.